The number of ether oxygens (including phenoxy) is 2. The lowest BCUT2D eigenvalue weighted by atomic mass is 10.1. The molecule has 0 spiro atoms. The molecule has 7 nitrogen and oxygen atoms in total. The zero-order valence-corrected chi connectivity index (χ0v) is 16.0. The van der Waals surface area contributed by atoms with Crippen LogP contribution < -0.4 is 4.74 Å². The maximum absolute atomic E-state index is 12.5. The molecule has 0 saturated carbocycles. The number of fused-ring (bicyclic) bond motifs is 1. The molecule has 1 heterocycles. The lowest BCUT2D eigenvalue weighted by Gasteiger charge is -2.19. The van der Waals surface area contributed by atoms with E-state index in [1.165, 1.54) is 16.4 Å². The highest BCUT2D eigenvalue weighted by Crippen LogP contribution is 2.28. The van der Waals surface area contributed by atoms with Crippen molar-refractivity contribution in [3.8, 4) is 5.75 Å². The maximum atomic E-state index is 12.5. The molecular formula is C19H24N2O5. The van der Waals surface area contributed by atoms with Crippen molar-refractivity contribution in [2.24, 2.45) is 0 Å². The van der Waals surface area contributed by atoms with Crippen LogP contribution in [0.3, 0.4) is 0 Å². The first-order chi connectivity index (χ1) is 12.0. The highest BCUT2D eigenvalue weighted by atomic mass is 16.6. The number of likely N-dealkylation sites (N-methyl/N-ethyl adjacent to an activating group) is 1. The van der Waals surface area contributed by atoms with Crippen LogP contribution in [0.25, 0.3) is 10.9 Å². The van der Waals surface area contributed by atoms with Gasteiger partial charge in [0, 0.05) is 32.6 Å². The number of benzene rings is 1. The Bertz CT molecular complexity index is 859. The van der Waals surface area contributed by atoms with Crippen LogP contribution in [0.15, 0.2) is 24.4 Å². The van der Waals surface area contributed by atoms with Crippen molar-refractivity contribution in [3.05, 3.63) is 30.0 Å². The number of hydrogen-bond donors (Lipinski definition) is 0. The van der Waals surface area contributed by atoms with Crippen molar-refractivity contribution in [3.63, 3.8) is 0 Å². The summed E-state index contributed by atoms with van der Waals surface area (Å²) in [7, 11) is 3.33. The first kappa shape index (κ1) is 19.5. The van der Waals surface area contributed by atoms with Crippen molar-refractivity contribution >= 4 is 28.9 Å². The summed E-state index contributed by atoms with van der Waals surface area (Å²) in [5.41, 5.74) is 0.584. The summed E-state index contributed by atoms with van der Waals surface area (Å²) in [6.07, 6.45) is 1.17. The Morgan fingerprint density at radius 1 is 1.15 bits per heavy atom. The van der Waals surface area contributed by atoms with Crippen LogP contribution in [-0.2, 0) is 20.7 Å². The second-order valence-corrected chi connectivity index (χ2v) is 7.24. The van der Waals surface area contributed by atoms with Crippen LogP contribution in [0.2, 0.25) is 0 Å². The molecule has 0 atom stereocenters. The van der Waals surface area contributed by atoms with E-state index in [2.05, 4.69) is 0 Å². The van der Waals surface area contributed by atoms with Gasteiger partial charge in [-0.2, -0.15) is 0 Å². The average molecular weight is 360 g/mol. The molecule has 0 fully saturated rings. The Morgan fingerprint density at radius 3 is 2.35 bits per heavy atom. The zero-order chi connectivity index (χ0) is 19.6. The fraction of sp³-hybridized carbons (Fsp3) is 0.421. The fourth-order valence-electron chi connectivity index (χ4n) is 2.43. The lowest BCUT2D eigenvalue weighted by molar-refractivity contribution is -0.132. The van der Waals surface area contributed by atoms with Gasteiger partial charge < -0.3 is 14.4 Å². The summed E-state index contributed by atoms with van der Waals surface area (Å²) < 4.78 is 11.9. The maximum Gasteiger partial charge on any atom is 0.419 e. The Kier molecular flexibility index (Phi) is 5.39. The molecular weight excluding hydrogens is 336 g/mol. The third-order valence-corrected chi connectivity index (χ3v) is 3.55. The van der Waals surface area contributed by atoms with Crippen LogP contribution in [0.4, 0.5) is 4.79 Å². The number of esters is 1. The number of carbonyl (C=O) groups is 3. The van der Waals surface area contributed by atoms with Crippen molar-refractivity contribution in [2.75, 3.05) is 14.1 Å². The van der Waals surface area contributed by atoms with Crippen LogP contribution >= 0.6 is 0 Å². The molecule has 0 aliphatic carbocycles. The number of amides is 1. The van der Waals surface area contributed by atoms with Crippen LogP contribution in [0.1, 0.15) is 33.3 Å². The van der Waals surface area contributed by atoms with E-state index in [0.717, 1.165) is 0 Å². The quantitative estimate of drug-likeness (QED) is 0.621. The summed E-state index contributed by atoms with van der Waals surface area (Å²) in [6, 6.07) is 4.92. The molecule has 0 aliphatic heterocycles. The Morgan fingerprint density at radius 2 is 1.81 bits per heavy atom. The standard InChI is InChI=1S/C19H24N2O5/c1-12(22)25-14-7-8-16-15(10-14)13(9-17(23)20(5)6)11-21(16)18(24)26-19(2,3)4/h7-8,10-11H,9H2,1-6H3. The van der Waals surface area contributed by atoms with Crippen LogP contribution in [-0.4, -0.2) is 47.1 Å². The number of carbonyl (C=O) groups excluding carboxylic acids is 3. The third kappa shape index (κ3) is 4.62. The smallest absolute Gasteiger partial charge is 0.419 e. The van der Waals surface area contributed by atoms with E-state index in [1.807, 2.05) is 0 Å². The largest absolute Gasteiger partial charge is 0.443 e. The van der Waals surface area contributed by atoms with Gasteiger partial charge in [-0.25, -0.2) is 4.79 Å². The van der Waals surface area contributed by atoms with Gasteiger partial charge in [0.05, 0.1) is 11.9 Å². The van der Waals surface area contributed by atoms with Crippen LogP contribution in [0.5, 0.6) is 5.75 Å². The van der Waals surface area contributed by atoms with Crippen molar-refractivity contribution in [1.29, 1.82) is 0 Å². The fourth-order valence-corrected chi connectivity index (χ4v) is 2.43. The highest BCUT2D eigenvalue weighted by molar-refractivity contribution is 5.95. The number of rotatable bonds is 3. The Hall–Kier alpha value is -2.83. The van der Waals surface area contributed by atoms with E-state index in [4.69, 9.17) is 9.47 Å². The molecule has 2 aromatic rings. The Labute approximate surface area is 152 Å². The first-order valence-corrected chi connectivity index (χ1v) is 8.24. The zero-order valence-electron chi connectivity index (χ0n) is 16.0. The first-order valence-electron chi connectivity index (χ1n) is 8.24. The second kappa shape index (κ2) is 7.19. The minimum Gasteiger partial charge on any atom is -0.443 e. The van der Waals surface area contributed by atoms with Gasteiger partial charge in [0.15, 0.2) is 0 Å². The molecule has 0 saturated heterocycles. The summed E-state index contributed by atoms with van der Waals surface area (Å²) in [5.74, 6) is -0.196. The minimum absolute atomic E-state index is 0.105. The average Bonchev–Trinajstić information content (AvgIpc) is 2.83. The van der Waals surface area contributed by atoms with E-state index >= 15 is 0 Å². The molecule has 1 amide bonds. The summed E-state index contributed by atoms with van der Waals surface area (Å²) in [4.78, 5) is 37.4. The molecule has 140 valence electrons. The monoisotopic (exact) mass is 360 g/mol. The number of aromatic nitrogens is 1. The molecule has 1 aromatic heterocycles. The van der Waals surface area contributed by atoms with Crippen molar-refractivity contribution in [1.82, 2.24) is 9.47 Å². The topological polar surface area (TPSA) is 77.8 Å². The van der Waals surface area contributed by atoms with Gasteiger partial charge in [-0.15, -0.1) is 0 Å². The summed E-state index contributed by atoms with van der Waals surface area (Å²) >= 11 is 0. The van der Waals surface area contributed by atoms with Gasteiger partial charge >= 0.3 is 12.1 Å². The van der Waals surface area contributed by atoms with E-state index in [9.17, 15) is 14.4 Å². The number of hydrogen-bond acceptors (Lipinski definition) is 5. The van der Waals surface area contributed by atoms with Gasteiger partial charge in [0.25, 0.3) is 0 Å². The predicted octanol–water partition coefficient (Wildman–Crippen LogP) is 2.98. The third-order valence-electron chi connectivity index (χ3n) is 3.55. The predicted molar refractivity (Wildman–Crippen MR) is 97.3 cm³/mol. The van der Waals surface area contributed by atoms with E-state index in [1.54, 1.807) is 59.3 Å². The molecule has 2 rings (SSSR count). The van der Waals surface area contributed by atoms with Gasteiger partial charge in [0.1, 0.15) is 11.4 Å². The van der Waals surface area contributed by atoms with Gasteiger partial charge in [-0.05, 0) is 44.5 Å². The summed E-state index contributed by atoms with van der Waals surface area (Å²) in [6.45, 7) is 6.66. The Balaban J connectivity index is 2.54. The van der Waals surface area contributed by atoms with Crippen molar-refractivity contribution < 1.29 is 23.9 Å². The minimum atomic E-state index is -0.648. The van der Waals surface area contributed by atoms with E-state index < -0.39 is 17.7 Å². The highest BCUT2D eigenvalue weighted by Gasteiger charge is 2.22. The molecule has 1 aromatic carbocycles. The SMILES string of the molecule is CC(=O)Oc1ccc2c(c1)c(CC(=O)N(C)C)cn2C(=O)OC(C)(C)C. The number of nitrogens with zero attached hydrogens (tertiary/aromatic N) is 2. The van der Waals surface area contributed by atoms with Crippen LogP contribution in [0, 0.1) is 0 Å². The molecule has 0 unspecified atom stereocenters. The molecule has 7 heteroatoms. The molecule has 0 bridgehead atoms. The van der Waals surface area contributed by atoms with Gasteiger partial charge in [-0.1, -0.05) is 0 Å². The summed E-state index contributed by atoms with van der Waals surface area (Å²) in [5, 5.41) is 0.657. The second-order valence-electron chi connectivity index (χ2n) is 7.24. The molecule has 0 radical (unpaired) electrons. The lowest BCUT2D eigenvalue weighted by Crippen LogP contribution is -2.26. The van der Waals surface area contributed by atoms with Crippen molar-refractivity contribution in [2.45, 2.75) is 39.7 Å². The van der Waals surface area contributed by atoms with Gasteiger partial charge in [-0.3, -0.25) is 14.2 Å². The molecule has 0 aliphatic rings. The van der Waals surface area contributed by atoms with E-state index in [-0.39, 0.29) is 12.3 Å². The normalized spacial score (nSPS) is 11.3. The van der Waals surface area contributed by atoms with E-state index in [0.29, 0.717) is 22.2 Å². The van der Waals surface area contributed by atoms with Gasteiger partial charge in [0.2, 0.25) is 5.91 Å². The molecule has 26 heavy (non-hydrogen) atoms. The molecule has 0 N–H and O–H groups in total.